The number of ketones is 3. The van der Waals surface area contributed by atoms with Crippen LogP contribution in [-0.4, -0.2) is 108 Å². The highest BCUT2D eigenvalue weighted by molar-refractivity contribution is 7.22. The number of fused-ring (bicyclic) bond motifs is 3. The van der Waals surface area contributed by atoms with Crippen molar-refractivity contribution in [3.8, 4) is 46.0 Å². The molecule has 1 aliphatic carbocycles. The van der Waals surface area contributed by atoms with Crippen molar-refractivity contribution in [1.82, 2.24) is 14.7 Å². The fourth-order valence-electron chi connectivity index (χ4n) is 16.3. The van der Waals surface area contributed by atoms with E-state index >= 15 is 0 Å². The molecule has 3 saturated heterocycles. The summed E-state index contributed by atoms with van der Waals surface area (Å²) in [5.41, 5.74) is 12.8. The smallest absolute Gasteiger partial charge is 0.208 e. The Morgan fingerprint density at radius 3 is 1.50 bits per heavy atom. The second-order valence-electron chi connectivity index (χ2n) is 30.1. The van der Waals surface area contributed by atoms with Crippen LogP contribution in [-0.2, 0) is 25.7 Å². The van der Waals surface area contributed by atoms with E-state index in [1.807, 2.05) is 94.4 Å². The van der Waals surface area contributed by atoms with Crippen molar-refractivity contribution >= 4 is 77.6 Å². The van der Waals surface area contributed by atoms with Crippen molar-refractivity contribution in [1.29, 1.82) is 0 Å². The van der Waals surface area contributed by atoms with Gasteiger partial charge in [0, 0.05) is 87.1 Å². The van der Waals surface area contributed by atoms with E-state index in [0.29, 0.717) is 66.2 Å². The number of carbonyl (C=O) groups excluding carboxylic acids is 3. The minimum absolute atomic E-state index is 0.00917. The fourth-order valence-corrected chi connectivity index (χ4v) is 18.7. The highest BCUT2D eigenvalue weighted by Crippen LogP contribution is 2.47. The van der Waals surface area contributed by atoms with Crippen LogP contribution in [0.25, 0.3) is 25.9 Å². The molecule has 4 aliphatic rings. The molecule has 0 amide bonds. The van der Waals surface area contributed by atoms with Crippen molar-refractivity contribution in [2.75, 3.05) is 58.9 Å². The number of ether oxygens (including phenoxy) is 5. The summed E-state index contributed by atoms with van der Waals surface area (Å²) in [6, 6.07) is 55.9. The summed E-state index contributed by atoms with van der Waals surface area (Å²) < 4.78 is 49.3. The predicted molar refractivity (Wildman–Crippen MR) is 437 cm³/mol. The summed E-state index contributed by atoms with van der Waals surface area (Å²) in [4.78, 5) is 51.9. The monoisotopic (exact) mass is 1510 g/mol. The number of nitrogens with zero attached hydrogens (tertiary/aromatic N) is 3. The van der Waals surface area contributed by atoms with Gasteiger partial charge in [0.2, 0.25) is 11.6 Å². The number of allylic oxidation sites excluding steroid dienone is 1. The number of aromatic hydroxyl groups is 1. The van der Waals surface area contributed by atoms with E-state index in [1.54, 1.807) is 18.2 Å². The first kappa shape index (κ1) is 75.0. The molecule has 560 valence electrons. The van der Waals surface area contributed by atoms with Gasteiger partial charge in [-0.25, -0.2) is 4.39 Å². The number of halogens is 2. The lowest BCUT2D eigenvalue weighted by Gasteiger charge is -2.21. The zero-order chi connectivity index (χ0) is 75.2. The van der Waals surface area contributed by atoms with Crippen LogP contribution in [0.3, 0.4) is 0 Å². The molecule has 11 aromatic rings. The molecule has 2 aromatic heterocycles. The minimum Gasteiger partial charge on any atom is -0.508 e. The van der Waals surface area contributed by atoms with Gasteiger partial charge in [0.05, 0.1) is 17.2 Å². The number of aryl methyl sites for hydroxylation is 5. The molecule has 2 atom stereocenters. The Kier molecular flexibility index (Phi) is 23.3. The Hall–Kier alpha value is -9.45. The van der Waals surface area contributed by atoms with Crippen LogP contribution in [0.15, 0.2) is 181 Å². The van der Waals surface area contributed by atoms with E-state index in [0.717, 1.165) is 187 Å². The third kappa shape index (κ3) is 17.6. The molecule has 3 aliphatic heterocycles. The minimum atomic E-state index is -0.537. The first-order valence-electron chi connectivity index (χ1n) is 38.7. The second-order valence-corrected chi connectivity index (χ2v) is 32.6. The highest BCUT2D eigenvalue weighted by Gasteiger charge is 2.33. The molecular weight excluding hydrogens is 1420 g/mol. The summed E-state index contributed by atoms with van der Waals surface area (Å²) in [5.74, 6) is 4.17. The molecule has 2 unspecified atom stereocenters. The molecule has 1 N–H and O–H groups in total. The summed E-state index contributed by atoms with van der Waals surface area (Å²) in [6.07, 6.45) is 14.2. The number of benzene rings is 9. The highest BCUT2D eigenvalue weighted by atomic mass is 35.5. The van der Waals surface area contributed by atoms with Gasteiger partial charge in [-0.15, -0.1) is 22.7 Å². The lowest BCUT2D eigenvalue weighted by molar-refractivity contribution is 0.102. The lowest BCUT2D eigenvalue weighted by atomic mass is 9.94. The molecule has 16 heteroatoms. The van der Waals surface area contributed by atoms with Crippen molar-refractivity contribution in [2.24, 2.45) is 0 Å². The van der Waals surface area contributed by atoms with Crippen molar-refractivity contribution in [3.05, 3.63) is 274 Å². The first-order valence-corrected chi connectivity index (χ1v) is 40.7. The molecule has 0 spiro atoms. The maximum atomic E-state index is 14.9. The van der Waals surface area contributed by atoms with E-state index < -0.39 is 11.6 Å². The van der Waals surface area contributed by atoms with Crippen molar-refractivity contribution < 1.29 is 47.6 Å². The molecule has 0 bridgehead atoms. The molecule has 9 aromatic carbocycles. The van der Waals surface area contributed by atoms with Gasteiger partial charge in [0.1, 0.15) is 55.8 Å². The third-order valence-corrected chi connectivity index (χ3v) is 24.7. The van der Waals surface area contributed by atoms with E-state index in [9.17, 15) is 23.9 Å². The largest absolute Gasteiger partial charge is 0.508 e. The Bertz CT molecular complexity index is 5170. The molecular formula is C93H93ClFN3O9S2. The number of rotatable bonds is 25. The Balaban J connectivity index is 0.557. The van der Waals surface area contributed by atoms with E-state index in [2.05, 4.69) is 94.4 Å². The number of thiophene rings is 2. The van der Waals surface area contributed by atoms with Gasteiger partial charge in [-0.3, -0.25) is 14.4 Å². The van der Waals surface area contributed by atoms with Gasteiger partial charge in [-0.2, -0.15) is 0 Å². The second kappa shape index (κ2) is 33.8. The Labute approximate surface area is 651 Å². The van der Waals surface area contributed by atoms with Gasteiger partial charge < -0.3 is 43.5 Å². The number of Topliss-reactive ketones (excluding diaryl/α,β-unsaturated/α-hetero) is 1. The summed E-state index contributed by atoms with van der Waals surface area (Å²) in [5, 5.41) is 11.8. The van der Waals surface area contributed by atoms with E-state index in [1.165, 1.54) is 84.7 Å². The van der Waals surface area contributed by atoms with Crippen molar-refractivity contribution in [2.45, 2.75) is 137 Å². The van der Waals surface area contributed by atoms with Crippen LogP contribution in [0.1, 0.15) is 161 Å². The average Bonchev–Trinajstić information content (AvgIpc) is 1.63. The normalized spacial score (nSPS) is 16.7. The number of phenolic OH excluding ortho intramolecular Hbond substituents is 1. The predicted octanol–water partition coefficient (Wildman–Crippen LogP) is 21.8. The van der Waals surface area contributed by atoms with Gasteiger partial charge >= 0.3 is 0 Å². The number of hydrogen-bond acceptors (Lipinski definition) is 14. The maximum Gasteiger partial charge on any atom is 0.208 e. The lowest BCUT2D eigenvalue weighted by Crippen LogP contribution is -2.28. The van der Waals surface area contributed by atoms with Crippen LogP contribution in [0.2, 0.25) is 5.02 Å². The van der Waals surface area contributed by atoms with Crippen LogP contribution in [0.5, 0.6) is 46.0 Å². The van der Waals surface area contributed by atoms with Gasteiger partial charge in [0.15, 0.2) is 17.3 Å². The standard InChI is InChI=1S/C93H93ClFN3O9S2/c1-58-51-61(4)85(62(5)52-58)88(102)93-91(79-36-32-75(57-83(79)109-93)104-70-16-12-45-98(50-41-70)48-39-64-19-27-72(28-20-64)106-90-78-34-24-68(99)56-82(78)108-92(90)87(101)77-33-23-67(95)55-81(77)94)107-73-29-21-65(22-30-73)38-47-97-44-11-15-69(40-49-97)103-74-31-35-76-66(53-74)54-80(86(100)84-59(2)13-10-14-60(84)3)89(76)105-71-25-17-63(18-26-71)37-46-96-42-8-6-7-9-43-96/h10,13-14,17-36,51-53,55-57,69-70,99H,6-9,11-12,15-16,37-50,54H2,1-5H3. The molecule has 15 rings (SSSR count). The molecule has 0 saturated carbocycles. The maximum absolute atomic E-state index is 14.9. The van der Waals surface area contributed by atoms with Gasteiger partial charge in [-0.05, 0) is 285 Å². The summed E-state index contributed by atoms with van der Waals surface area (Å²) in [7, 11) is 0. The Morgan fingerprint density at radius 2 is 0.945 bits per heavy atom. The fraction of sp³-hybridized carbons (Fsp3) is 0.323. The van der Waals surface area contributed by atoms with Crippen LogP contribution >= 0.6 is 34.3 Å². The number of carbonyl (C=O) groups is 3. The van der Waals surface area contributed by atoms with Crippen molar-refractivity contribution in [3.63, 3.8) is 0 Å². The van der Waals surface area contributed by atoms with Gasteiger partial charge in [-0.1, -0.05) is 96.7 Å². The first-order chi connectivity index (χ1) is 53.0. The average molecular weight is 1520 g/mol. The molecule has 3 fully saturated rings. The van der Waals surface area contributed by atoms with Gasteiger partial charge in [0.25, 0.3) is 0 Å². The third-order valence-electron chi connectivity index (χ3n) is 22.1. The van der Waals surface area contributed by atoms with Crippen LogP contribution in [0.4, 0.5) is 4.39 Å². The number of hydrogen-bond donors (Lipinski definition) is 1. The number of likely N-dealkylation sites (tertiary alicyclic amines) is 3. The summed E-state index contributed by atoms with van der Waals surface area (Å²) in [6.45, 7) is 19.1. The SMILES string of the molecule is Cc1cc(C)c(C(=O)c2sc3cc(OC4CCCN(CCc5ccc(Oc6c(C(=O)c7ccc(F)cc7Cl)sc7cc(O)ccc67)cc5)CC4)ccc3c2Oc2ccc(CCN3CCCC(Oc4ccc5c(c4)CC(C(=O)c4c(C)cccc4C)=C5Oc4ccc(CCN5CCCCCC5)cc4)CC3)cc2)c(C)c1. The van der Waals surface area contributed by atoms with Crippen LogP contribution < -0.4 is 23.7 Å². The van der Waals surface area contributed by atoms with E-state index in [-0.39, 0.29) is 40.1 Å². The van der Waals surface area contributed by atoms with Crippen LogP contribution in [0, 0.1) is 40.4 Å². The quantitative estimate of drug-likeness (QED) is 0.0547. The number of phenols is 1. The van der Waals surface area contributed by atoms with E-state index in [4.69, 9.17) is 35.3 Å². The molecule has 109 heavy (non-hydrogen) atoms. The zero-order valence-corrected chi connectivity index (χ0v) is 65.2. The topological polar surface area (TPSA) is 127 Å². The molecule has 12 nitrogen and oxygen atoms in total. The zero-order valence-electron chi connectivity index (χ0n) is 62.8. The Morgan fingerprint density at radius 1 is 0.468 bits per heavy atom. The molecule has 5 heterocycles. The summed E-state index contributed by atoms with van der Waals surface area (Å²) >= 11 is 8.99. The molecule has 0 radical (unpaired) electrons.